The summed E-state index contributed by atoms with van der Waals surface area (Å²) in [6.07, 6.45) is 10.1. The van der Waals surface area contributed by atoms with E-state index in [1.165, 1.54) is 6.42 Å². The number of hydrogen-bond acceptors (Lipinski definition) is 4. The minimum atomic E-state index is -0.657. The third-order valence-electron chi connectivity index (χ3n) is 13.0. The Morgan fingerprint density at radius 3 is 2.21 bits per heavy atom. The van der Waals surface area contributed by atoms with Crippen molar-refractivity contribution in [2.45, 2.75) is 118 Å². The summed E-state index contributed by atoms with van der Waals surface area (Å²) in [7, 11) is 0. The molecule has 0 radical (unpaired) electrons. The van der Waals surface area contributed by atoms with Crippen molar-refractivity contribution in [3.63, 3.8) is 0 Å². The number of aliphatic hydroxyl groups excluding tert-OH is 4. The molecule has 194 valence electrons. The Kier molecular flexibility index (Phi) is 5.78. The minimum absolute atomic E-state index is 0.0127. The molecule has 0 bridgehead atoms. The molecule has 4 nitrogen and oxygen atoms in total. The third kappa shape index (κ3) is 3.17. The van der Waals surface area contributed by atoms with Gasteiger partial charge >= 0.3 is 0 Å². The van der Waals surface area contributed by atoms with Crippen LogP contribution < -0.4 is 0 Å². The van der Waals surface area contributed by atoms with Crippen molar-refractivity contribution in [2.75, 3.05) is 6.61 Å². The molecule has 0 aromatic rings. The van der Waals surface area contributed by atoms with E-state index >= 15 is 0 Å². The van der Waals surface area contributed by atoms with Crippen molar-refractivity contribution in [1.82, 2.24) is 0 Å². The van der Waals surface area contributed by atoms with Crippen molar-refractivity contribution in [3.8, 4) is 0 Å². The molecule has 0 aliphatic heterocycles. The number of aliphatic hydroxyl groups is 4. The molecule has 5 aliphatic rings. The molecular weight excluding hydrogens is 424 g/mol. The van der Waals surface area contributed by atoms with E-state index in [4.69, 9.17) is 0 Å². The maximum atomic E-state index is 10.9. The normalized spacial score (nSPS) is 56.8. The van der Waals surface area contributed by atoms with Crippen molar-refractivity contribution >= 4 is 0 Å². The zero-order valence-electron chi connectivity index (χ0n) is 22.5. The fourth-order valence-corrected chi connectivity index (χ4v) is 11.1. The largest absolute Gasteiger partial charge is 0.396 e. The number of hydrogen-bond donors (Lipinski definition) is 4. The first-order valence-electron chi connectivity index (χ1n) is 14.1. The second kappa shape index (κ2) is 7.79. The summed E-state index contributed by atoms with van der Waals surface area (Å²) >= 11 is 0. The zero-order valence-corrected chi connectivity index (χ0v) is 22.5. The number of fused-ring (bicyclic) bond motifs is 6. The van der Waals surface area contributed by atoms with Crippen LogP contribution in [0, 0.1) is 50.7 Å². The number of allylic oxidation sites excluding steroid dienone is 2. The lowest BCUT2D eigenvalue weighted by Gasteiger charge is -2.64. The van der Waals surface area contributed by atoms with Crippen LogP contribution in [-0.2, 0) is 0 Å². The van der Waals surface area contributed by atoms with Gasteiger partial charge in [0.05, 0.1) is 24.9 Å². The molecule has 0 amide bonds. The lowest BCUT2D eigenvalue weighted by Crippen LogP contribution is -2.60. The summed E-state index contributed by atoms with van der Waals surface area (Å²) < 4.78 is 0. The summed E-state index contributed by atoms with van der Waals surface area (Å²) in [5.41, 5.74) is 1.31. The molecule has 4 saturated carbocycles. The van der Waals surface area contributed by atoms with Crippen LogP contribution in [0.1, 0.15) is 99.3 Å². The molecule has 0 unspecified atom stereocenters. The van der Waals surface area contributed by atoms with Gasteiger partial charge in [0.25, 0.3) is 0 Å². The molecule has 0 spiro atoms. The van der Waals surface area contributed by atoms with Crippen molar-refractivity contribution in [1.29, 1.82) is 0 Å². The summed E-state index contributed by atoms with van der Waals surface area (Å²) in [5, 5.41) is 43.1. The Labute approximate surface area is 207 Å². The Bertz CT molecular complexity index is 851. The quantitative estimate of drug-likeness (QED) is 0.399. The lowest BCUT2D eigenvalue weighted by molar-refractivity contribution is -0.189. The first-order chi connectivity index (χ1) is 15.7. The van der Waals surface area contributed by atoms with E-state index in [1.54, 1.807) is 5.57 Å². The Morgan fingerprint density at radius 2 is 1.53 bits per heavy atom. The Balaban J connectivity index is 1.51. The van der Waals surface area contributed by atoms with E-state index in [0.717, 1.165) is 44.9 Å². The van der Waals surface area contributed by atoms with E-state index in [0.29, 0.717) is 30.1 Å². The van der Waals surface area contributed by atoms with Crippen LogP contribution in [0.2, 0.25) is 0 Å². The molecule has 5 rings (SSSR count). The fourth-order valence-electron chi connectivity index (χ4n) is 11.1. The van der Waals surface area contributed by atoms with Crippen LogP contribution in [0.4, 0.5) is 0 Å². The molecular formula is C30H50O4. The van der Waals surface area contributed by atoms with Gasteiger partial charge in [0.15, 0.2) is 0 Å². The van der Waals surface area contributed by atoms with Gasteiger partial charge in [-0.25, -0.2) is 0 Å². The smallest absolute Gasteiger partial charge is 0.0853 e. The summed E-state index contributed by atoms with van der Waals surface area (Å²) in [4.78, 5) is 0. The minimum Gasteiger partial charge on any atom is -0.396 e. The molecule has 4 N–H and O–H groups in total. The maximum absolute atomic E-state index is 10.9. The van der Waals surface area contributed by atoms with E-state index in [2.05, 4.69) is 47.6 Å². The van der Waals surface area contributed by atoms with Crippen LogP contribution in [0.25, 0.3) is 0 Å². The van der Waals surface area contributed by atoms with Crippen LogP contribution in [-0.4, -0.2) is 45.3 Å². The van der Waals surface area contributed by atoms with Gasteiger partial charge < -0.3 is 20.4 Å². The summed E-state index contributed by atoms with van der Waals surface area (Å²) in [6.45, 7) is 13.9. The number of rotatable bonds is 1. The molecule has 34 heavy (non-hydrogen) atoms. The average molecular weight is 475 g/mol. The second-order valence-corrected chi connectivity index (χ2v) is 14.9. The van der Waals surface area contributed by atoms with Crippen LogP contribution in [0.15, 0.2) is 11.6 Å². The molecule has 0 saturated heterocycles. The van der Waals surface area contributed by atoms with Gasteiger partial charge in [-0.2, -0.15) is 0 Å². The maximum Gasteiger partial charge on any atom is 0.0853 e. The predicted octanol–water partition coefficient (Wildman–Crippen LogP) is 5.08. The van der Waals surface area contributed by atoms with Crippen molar-refractivity contribution < 1.29 is 20.4 Å². The van der Waals surface area contributed by atoms with E-state index < -0.39 is 23.7 Å². The average Bonchev–Trinajstić information content (AvgIpc) is 2.92. The Morgan fingerprint density at radius 1 is 0.824 bits per heavy atom. The predicted molar refractivity (Wildman–Crippen MR) is 135 cm³/mol. The highest BCUT2D eigenvalue weighted by Crippen LogP contribution is 2.70. The highest BCUT2D eigenvalue weighted by Gasteiger charge is 2.64. The van der Waals surface area contributed by atoms with E-state index in [1.807, 2.05) is 0 Å². The Hall–Kier alpha value is -0.420. The van der Waals surface area contributed by atoms with Gasteiger partial charge in [0, 0.05) is 5.41 Å². The van der Waals surface area contributed by atoms with Crippen molar-refractivity contribution in [3.05, 3.63) is 11.6 Å². The first kappa shape index (κ1) is 25.2. The second-order valence-electron chi connectivity index (χ2n) is 14.9. The lowest BCUT2D eigenvalue weighted by atomic mass is 9.42. The van der Waals surface area contributed by atoms with Crippen LogP contribution in [0.3, 0.4) is 0 Å². The zero-order chi connectivity index (χ0) is 24.9. The fraction of sp³-hybridized carbons (Fsp3) is 0.933. The standard InChI is InChI=1S/C30H50O4/c1-26(2)21-9-7-18-15-27(3)13-11-23-28(4,14-12-24(33)30(23,6)17-31)22(27)10-8-19(18)29(21,5)16-20(32)25(26)34/h7,19-25,31-34H,8-17H2,1-6H3/t19-,20+,21+,22-,23+,24-,25+,27-,28+,29+,30+/m0/s1. The van der Waals surface area contributed by atoms with Crippen molar-refractivity contribution in [2.24, 2.45) is 50.7 Å². The van der Waals surface area contributed by atoms with Crippen LogP contribution in [0.5, 0.6) is 0 Å². The summed E-state index contributed by atoms with van der Waals surface area (Å²) in [5.74, 6) is 1.79. The summed E-state index contributed by atoms with van der Waals surface area (Å²) in [6, 6.07) is 0. The monoisotopic (exact) mass is 474 g/mol. The molecule has 4 fully saturated rings. The van der Waals surface area contributed by atoms with Gasteiger partial charge in [0.2, 0.25) is 0 Å². The third-order valence-corrected chi connectivity index (χ3v) is 13.0. The molecule has 0 aromatic heterocycles. The highest BCUT2D eigenvalue weighted by atomic mass is 16.3. The van der Waals surface area contributed by atoms with E-state index in [-0.39, 0.29) is 28.3 Å². The van der Waals surface area contributed by atoms with Crippen LogP contribution >= 0.6 is 0 Å². The molecule has 4 heteroatoms. The van der Waals surface area contributed by atoms with Gasteiger partial charge in [0.1, 0.15) is 0 Å². The molecule has 11 atom stereocenters. The first-order valence-corrected chi connectivity index (χ1v) is 14.1. The van der Waals surface area contributed by atoms with E-state index in [9.17, 15) is 20.4 Å². The highest BCUT2D eigenvalue weighted by molar-refractivity contribution is 5.26. The molecule has 5 aliphatic carbocycles. The molecule has 0 heterocycles. The SMILES string of the molecule is CC1(C)[C@H](O)[C@H](O)C[C@@]2(C)[C@@H]1CC=C1C[C@]3(C)CC[C@@H]4[C@](C)(CC[C@H](O)[C@]4(C)CO)[C@H]3CC[C@@H]12. The van der Waals surface area contributed by atoms with Gasteiger partial charge in [-0.05, 0) is 103 Å². The van der Waals surface area contributed by atoms with Gasteiger partial charge in [-0.1, -0.05) is 53.2 Å². The van der Waals surface area contributed by atoms with Gasteiger partial charge in [-0.3, -0.25) is 0 Å². The molecule has 0 aromatic carbocycles. The topological polar surface area (TPSA) is 80.9 Å². The van der Waals surface area contributed by atoms with Gasteiger partial charge in [-0.15, -0.1) is 0 Å².